The second-order valence-corrected chi connectivity index (χ2v) is 8.71. The van der Waals surface area contributed by atoms with Crippen LogP contribution in [0.3, 0.4) is 0 Å². The summed E-state index contributed by atoms with van der Waals surface area (Å²) in [6, 6.07) is 27.9. The molecule has 0 aliphatic heterocycles. The molecule has 0 unspecified atom stereocenters. The average molecular weight is 505 g/mol. The molecule has 0 aliphatic carbocycles. The Morgan fingerprint density at radius 2 is 1.74 bits per heavy atom. The average Bonchev–Trinajstić information content (AvgIpc) is 3.41. The highest BCUT2D eigenvalue weighted by atomic mass is 19.1. The fourth-order valence-electron chi connectivity index (χ4n) is 4.48. The minimum Gasteiger partial charge on any atom is -0.478 e. The Morgan fingerprint density at radius 3 is 2.47 bits per heavy atom. The SMILES string of the molecule is CCC(=C(c1ccc(C=CC(=O)O)cc1)c1ccc2[nH]ncc2c1)c1cccc(Oc2ccccc2)c1F. The second kappa shape index (κ2) is 11.0. The predicted molar refractivity (Wildman–Crippen MR) is 148 cm³/mol. The van der Waals surface area contributed by atoms with Crippen molar-refractivity contribution in [2.75, 3.05) is 0 Å². The van der Waals surface area contributed by atoms with E-state index in [0.29, 0.717) is 17.7 Å². The summed E-state index contributed by atoms with van der Waals surface area (Å²) in [6.07, 6.45) is 4.96. The number of hydrogen-bond acceptors (Lipinski definition) is 3. The van der Waals surface area contributed by atoms with Crippen LogP contribution in [0, 0.1) is 5.82 Å². The Balaban J connectivity index is 1.68. The van der Waals surface area contributed by atoms with E-state index in [4.69, 9.17) is 9.84 Å². The van der Waals surface area contributed by atoms with Gasteiger partial charge in [-0.05, 0) is 70.7 Å². The summed E-state index contributed by atoms with van der Waals surface area (Å²) in [6.45, 7) is 2.00. The molecule has 0 radical (unpaired) electrons. The molecule has 188 valence electrons. The van der Waals surface area contributed by atoms with Crippen molar-refractivity contribution in [3.05, 3.63) is 131 Å². The van der Waals surface area contributed by atoms with E-state index >= 15 is 4.39 Å². The first kappa shape index (κ1) is 24.7. The summed E-state index contributed by atoms with van der Waals surface area (Å²) >= 11 is 0. The van der Waals surface area contributed by atoms with Gasteiger partial charge < -0.3 is 9.84 Å². The fraction of sp³-hybridized carbons (Fsp3) is 0.0625. The van der Waals surface area contributed by atoms with Crippen molar-refractivity contribution in [3.8, 4) is 11.5 Å². The summed E-state index contributed by atoms with van der Waals surface area (Å²) in [5.74, 6) is -0.736. The Bertz CT molecular complexity index is 1650. The van der Waals surface area contributed by atoms with Gasteiger partial charge >= 0.3 is 5.97 Å². The van der Waals surface area contributed by atoms with Gasteiger partial charge in [0.2, 0.25) is 0 Å². The summed E-state index contributed by atoms with van der Waals surface area (Å²) in [7, 11) is 0. The summed E-state index contributed by atoms with van der Waals surface area (Å²) in [5.41, 5.74) is 5.60. The smallest absolute Gasteiger partial charge is 0.328 e. The number of aromatic amines is 1. The monoisotopic (exact) mass is 504 g/mol. The number of benzene rings is 4. The Labute approximate surface area is 219 Å². The molecular weight excluding hydrogens is 479 g/mol. The highest BCUT2D eigenvalue weighted by Gasteiger charge is 2.19. The van der Waals surface area contributed by atoms with E-state index in [2.05, 4.69) is 10.2 Å². The van der Waals surface area contributed by atoms with Crippen molar-refractivity contribution >= 4 is 34.1 Å². The number of carbonyl (C=O) groups is 1. The van der Waals surface area contributed by atoms with Gasteiger partial charge in [-0.2, -0.15) is 5.10 Å². The van der Waals surface area contributed by atoms with Crippen molar-refractivity contribution < 1.29 is 19.0 Å². The Morgan fingerprint density at radius 1 is 0.974 bits per heavy atom. The maximum absolute atomic E-state index is 16.0. The van der Waals surface area contributed by atoms with Crippen molar-refractivity contribution in [3.63, 3.8) is 0 Å². The van der Waals surface area contributed by atoms with E-state index in [1.165, 1.54) is 6.08 Å². The number of H-pyrrole nitrogens is 1. The van der Waals surface area contributed by atoms with E-state index in [9.17, 15) is 4.79 Å². The normalized spacial score (nSPS) is 12.1. The number of rotatable bonds is 8. The molecule has 0 fully saturated rings. The Hall–Kier alpha value is -4.97. The molecule has 0 spiro atoms. The number of aliphatic carboxylic acids is 1. The molecule has 0 saturated heterocycles. The fourth-order valence-corrected chi connectivity index (χ4v) is 4.48. The molecule has 38 heavy (non-hydrogen) atoms. The van der Waals surface area contributed by atoms with Crippen molar-refractivity contribution in [1.29, 1.82) is 0 Å². The number of nitrogens with zero attached hydrogens (tertiary/aromatic N) is 1. The molecule has 0 aliphatic rings. The number of allylic oxidation sites excluding steroid dienone is 1. The summed E-state index contributed by atoms with van der Waals surface area (Å²) in [5, 5.41) is 17.0. The lowest BCUT2D eigenvalue weighted by atomic mass is 9.87. The topological polar surface area (TPSA) is 75.2 Å². The van der Waals surface area contributed by atoms with Gasteiger partial charge in [0.05, 0.1) is 11.7 Å². The first-order chi connectivity index (χ1) is 18.5. The third-order valence-electron chi connectivity index (χ3n) is 6.26. The minimum atomic E-state index is -1.01. The lowest BCUT2D eigenvalue weighted by Crippen LogP contribution is -1.99. The predicted octanol–water partition coefficient (Wildman–Crippen LogP) is 7.96. The molecular formula is C32H25FN2O3. The van der Waals surface area contributed by atoms with Gasteiger partial charge in [0.1, 0.15) is 5.75 Å². The first-order valence-corrected chi connectivity index (χ1v) is 12.2. The molecule has 0 saturated carbocycles. The highest BCUT2D eigenvalue weighted by Crippen LogP contribution is 2.39. The number of fused-ring (bicyclic) bond motifs is 1. The standard InChI is InChI=1S/C32H25FN2O3/c1-2-26(27-9-6-10-29(32(27)33)38-25-7-4-3-5-8-25)31(23-16-17-28-24(19-23)20-34-35-28)22-14-11-21(12-15-22)13-18-30(36)37/h3-20H,2H2,1H3,(H,34,35)(H,36,37). The maximum Gasteiger partial charge on any atom is 0.328 e. The van der Waals surface area contributed by atoms with E-state index in [1.54, 1.807) is 36.5 Å². The molecule has 5 nitrogen and oxygen atoms in total. The van der Waals surface area contributed by atoms with Crippen LogP contribution in [0.1, 0.15) is 35.6 Å². The van der Waals surface area contributed by atoms with E-state index < -0.39 is 11.8 Å². The second-order valence-electron chi connectivity index (χ2n) is 8.71. The van der Waals surface area contributed by atoms with Crippen LogP contribution in [0.15, 0.2) is 103 Å². The maximum atomic E-state index is 16.0. The molecule has 5 rings (SSSR count). The van der Waals surface area contributed by atoms with Crippen LogP contribution >= 0.6 is 0 Å². The first-order valence-electron chi connectivity index (χ1n) is 12.2. The quantitative estimate of drug-likeness (QED) is 0.166. The summed E-state index contributed by atoms with van der Waals surface area (Å²) in [4.78, 5) is 10.9. The third-order valence-corrected chi connectivity index (χ3v) is 6.26. The number of aromatic nitrogens is 2. The van der Waals surface area contributed by atoms with Crippen molar-refractivity contribution in [2.45, 2.75) is 13.3 Å². The molecule has 1 aromatic heterocycles. The van der Waals surface area contributed by atoms with E-state index in [0.717, 1.165) is 44.8 Å². The molecule has 4 aromatic carbocycles. The van der Waals surface area contributed by atoms with Gasteiger partial charge in [0, 0.05) is 17.0 Å². The largest absolute Gasteiger partial charge is 0.478 e. The molecule has 1 heterocycles. The van der Waals surface area contributed by atoms with Crippen molar-refractivity contribution in [1.82, 2.24) is 10.2 Å². The summed E-state index contributed by atoms with van der Waals surface area (Å²) < 4.78 is 21.9. The zero-order valence-corrected chi connectivity index (χ0v) is 20.7. The zero-order chi connectivity index (χ0) is 26.5. The number of ether oxygens (including phenoxy) is 1. The molecule has 0 atom stereocenters. The van der Waals surface area contributed by atoms with Crippen molar-refractivity contribution in [2.24, 2.45) is 0 Å². The van der Waals surface area contributed by atoms with Gasteiger partial charge in [0.25, 0.3) is 0 Å². The van der Waals surface area contributed by atoms with Gasteiger partial charge in [-0.1, -0.05) is 67.6 Å². The minimum absolute atomic E-state index is 0.151. The lowest BCUT2D eigenvalue weighted by molar-refractivity contribution is -0.131. The van der Waals surface area contributed by atoms with Crippen LogP contribution in [0.4, 0.5) is 4.39 Å². The number of nitrogens with one attached hydrogen (secondary N) is 1. The van der Waals surface area contributed by atoms with Gasteiger partial charge in [-0.15, -0.1) is 0 Å². The van der Waals surface area contributed by atoms with Gasteiger partial charge in [-0.25, -0.2) is 9.18 Å². The molecule has 0 amide bonds. The third kappa shape index (κ3) is 5.25. The van der Waals surface area contributed by atoms with Crippen LogP contribution in [-0.2, 0) is 4.79 Å². The van der Waals surface area contributed by atoms with E-state index in [-0.39, 0.29) is 5.75 Å². The molecule has 6 heteroatoms. The van der Waals surface area contributed by atoms with Gasteiger partial charge in [0.15, 0.2) is 11.6 Å². The van der Waals surface area contributed by atoms with Crippen LogP contribution in [-0.4, -0.2) is 21.3 Å². The number of carboxylic acid groups (broad SMARTS) is 1. The molecule has 0 bridgehead atoms. The number of para-hydroxylation sites is 1. The lowest BCUT2D eigenvalue weighted by Gasteiger charge is -2.18. The highest BCUT2D eigenvalue weighted by molar-refractivity contribution is 6.00. The number of halogens is 1. The number of carboxylic acids is 1. The van der Waals surface area contributed by atoms with Crippen LogP contribution in [0.2, 0.25) is 0 Å². The van der Waals surface area contributed by atoms with Gasteiger partial charge in [-0.3, -0.25) is 5.10 Å². The zero-order valence-electron chi connectivity index (χ0n) is 20.7. The molecule has 2 N–H and O–H groups in total. The number of hydrogen-bond donors (Lipinski definition) is 2. The van der Waals surface area contributed by atoms with Crippen LogP contribution in [0.5, 0.6) is 11.5 Å². The Kier molecular flexibility index (Phi) is 7.13. The molecule has 5 aromatic rings. The van der Waals surface area contributed by atoms with Crippen LogP contribution < -0.4 is 4.74 Å². The van der Waals surface area contributed by atoms with E-state index in [1.807, 2.05) is 67.6 Å². The van der Waals surface area contributed by atoms with Crippen LogP contribution in [0.25, 0.3) is 28.1 Å².